The molecule has 0 saturated heterocycles. The third-order valence-corrected chi connectivity index (χ3v) is 3.62. The van der Waals surface area contributed by atoms with Gasteiger partial charge in [0, 0.05) is 5.92 Å². The van der Waals surface area contributed by atoms with Crippen LogP contribution in [0.25, 0.3) is 0 Å². The van der Waals surface area contributed by atoms with E-state index in [4.69, 9.17) is 0 Å². The molecule has 2 aliphatic carbocycles. The fraction of sp³-hybridized carbons (Fsp3) is 0.833. The van der Waals surface area contributed by atoms with Gasteiger partial charge in [-0.15, -0.1) is 0 Å². The van der Waals surface area contributed by atoms with Gasteiger partial charge in [-0.3, -0.25) is 0 Å². The highest BCUT2D eigenvalue weighted by Gasteiger charge is 2.28. The summed E-state index contributed by atoms with van der Waals surface area (Å²) in [5.74, 6) is 1.07. The molecule has 1 heteroatoms. The molecule has 0 amide bonds. The maximum Gasteiger partial charge on any atom is 0.0631 e. The molecule has 0 spiro atoms. The highest BCUT2D eigenvalue weighted by molar-refractivity contribution is 5.00. The summed E-state index contributed by atoms with van der Waals surface area (Å²) in [6, 6.07) is 0. The second-order valence-corrected chi connectivity index (χ2v) is 4.56. The quantitative estimate of drug-likeness (QED) is 0.648. The van der Waals surface area contributed by atoms with Crippen LogP contribution in [0.1, 0.15) is 44.9 Å². The van der Waals surface area contributed by atoms with Gasteiger partial charge in [0.25, 0.3) is 0 Å². The molecule has 1 saturated carbocycles. The van der Waals surface area contributed by atoms with Crippen LogP contribution in [-0.2, 0) is 0 Å². The maximum atomic E-state index is 10.1. The van der Waals surface area contributed by atoms with Crippen LogP contribution in [0.3, 0.4) is 0 Å². The topological polar surface area (TPSA) is 20.2 Å². The molecular formula is C12H20O. The van der Waals surface area contributed by atoms with E-state index in [1.54, 1.807) is 0 Å². The zero-order valence-corrected chi connectivity index (χ0v) is 8.28. The van der Waals surface area contributed by atoms with Gasteiger partial charge in [-0.25, -0.2) is 0 Å². The van der Waals surface area contributed by atoms with Crippen molar-refractivity contribution in [3.05, 3.63) is 12.2 Å². The Hall–Kier alpha value is -0.300. The minimum atomic E-state index is -0.0425. The van der Waals surface area contributed by atoms with Crippen molar-refractivity contribution in [3.63, 3.8) is 0 Å². The molecule has 0 radical (unpaired) electrons. The number of hydrogen-bond acceptors (Lipinski definition) is 1. The molecule has 0 aromatic carbocycles. The normalized spacial score (nSPS) is 32.2. The lowest BCUT2D eigenvalue weighted by Gasteiger charge is -2.29. The number of aliphatic hydroxyl groups excluding tert-OH is 1. The smallest absolute Gasteiger partial charge is 0.0631 e. The van der Waals surface area contributed by atoms with Crippen LogP contribution in [0.4, 0.5) is 0 Å². The summed E-state index contributed by atoms with van der Waals surface area (Å²) in [5, 5.41) is 10.1. The largest absolute Gasteiger partial charge is 0.392 e. The molecule has 0 heterocycles. The molecule has 0 aromatic heterocycles. The number of rotatable bonds is 2. The molecule has 2 rings (SSSR count). The second kappa shape index (κ2) is 4.28. The lowest BCUT2D eigenvalue weighted by atomic mass is 9.80. The number of aliphatic hydroxyl groups is 1. The molecule has 0 aromatic rings. The summed E-state index contributed by atoms with van der Waals surface area (Å²) in [4.78, 5) is 0. The summed E-state index contributed by atoms with van der Waals surface area (Å²) in [7, 11) is 0. The molecule has 74 valence electrons. The van der Waals surface area contributed by atoms with Crippen molar-refractivity contribution in [1.82, 2.24) is 0 Å². The van der Waals surface area contributed by atoms with Crippen molar-refractivity contribution in [2.45, 2.75) is 51.0 Å². The monoisotopic (exact) mass is 180 g/mol. The molecule has 2 unspecified atom stereocenters. The Labute approximate surface area is 80.8 Å². The summed E-state index contributed by atoms with van der Waals surface area (Å²) < 4.78 is 0. The highest BCUT2D eigenvalue weighted by atomic mass is 16.3. The van der Waals surface area contributed by atoms with Gasteiger partial charge in [0.05, 0.1) is 6.10 Å². The Morgan fingerprint density at radius 3 is 2.46 bits per heavy atom. The van der Waals surface area contributed by atoms with E-state index in [1.165, 1.54) is 44.9 Å². The van der Waals surface area contributed by atoms with Crippen LogP contribution in [0, 0.1) is 11.8 Å². The Kier molecular flexibility index (Phi) is 3.05. The summed E-state index contributed by atoms with van der Waals surface area (Å²) >= 11 is 0. The zero-order valence-electron chi connectivity index (χ0n) is 8.28. The fourth-order valence-corrected chi connectivity index (χ4v) is 2.77. The number of allylic oxidation sites excluding steroid dienone is 1. The average molecular weight is 180 g/mol. The van der Waals surface area contributed by atoms with Gasteiger partial charge >= 0.3 is 0 Å². The van der Waals surface area contributed by atoms with Gasteiger partial charge in [-0.2, -0.15) is 0 Å². The van der Waals surface area contributed by atoms with Crippen LogP contribution >= 0.6 is 0 Å². The van der Waals surface area contributed by atoms with Crippen molar-refractivity contribution >= 4 is 0 Å². The molecule has 13 heavy (non-hydrogen) atoms. The Balaban J connectivity index is 1.87. The van der Waals surface area contributed by atoms with Crippen LogP contribution in [0.5, 0.6) is 0 Å². The average Bonchev–Trinajstić information content (AvgIpc) is 2.71. The molecule has 1 nitrogen and oxygen atoms in total. The van der Waals surface area contributed by atoms with Crippen LogP contribution in [-0.4, -0.2) is 11.2 Å². The van der Waals surface area contributed by atoms with E-state index in [-0.39, 0.29) is 6.10 Å². The first-order chi connectivity index (χ1) is 6.38. The van der Waals surface area contributed by atoms with Gasteiger partial charge in [0.15, 0.2) is 0 Å². The SMILES string of the molecule is OC(C1C=CCC1)C1CCCCC1. The van der Waals surface area contributed by atoms with Crippen LogP contribution in [0.2, 0.25) is 0 Å². The minimum absolute atomic E-state index is 0.0425. The molecule has 0 bridgehead atoms. The van der Waals surface area contributed by atoms with E-state index in [1.807, 2.05) is 0 Å². The predicted molar refractivity (Wildman–Crippen MR) is 54.4 cm³/mol. The van der Waals surface area contributed by atoms with Crippen molar-refractivity contribution in [2.75, 3.05) is 0 Å². The molecule has 2 aliphatic rings. The van der Waals surface area contributed by atoms with Crippen molar-refractivity contribution in [3.8, 4) is 0 Å². The summed E-state index contributed by atoms with van der Waals surface area (Å²) in [5.41, 5.74) is 0. The zero-order chi connectivity index (χ0) is 9.10. The van der Waals surface area contributed by atoms with Crippen molar-refractivity contribution in [2.24, 2.45) is 11.8 Å². The standard InChI is InChI=1S/C12H20O/c13-12(11-8-4-5-9-11)10-6-2-1-3-7-10/h4,8,10-13H,1-3,5-7,9H2. The molecule has 1 N–H and O–H groups in total. The van der Waals surface area contributed by atoms with Gasteiger partial charge in [0.1, 0.15) is 0 Å². The molecule has 2 atom stereocenters. The first-order valence-electron chi connectivity index (χ1n) is 5.72. The number of hydrogen-bond donors (Lipinski definition) is 1. The Morgan fingerprint density at radius 1 is 1.08 bits per heavy atom. The second-order valence-electron chi connectivity index (χ2n) is 4.56. The van der Waals surface area contributed by atoms with Gasteiger partial charge in [-0.05, 0) is 31.6 Å². The lowest BCUT2D eigenvalue weighted by Crippen LogP contribution is -2.28. The van der Waals surface area contributed by atoms with Crippen molar-refractivity contribution in [1.29, 1.82) is 0 Å². The van der Waals surface area contributed by atoms with E-state index < -0.39 is 0 Å². The van der Waals surface area contributed by atoms with E-state index in [0.717, 1.165) is 0 Å². The Bertz CT molecular complexity index is 180. The van der Waals surface area contributed by atoms with Crippen molar-refractivity contribution < 1.29 is 5.11 Å². The minimum Gasteiger partial charge on any atom is -0.392 e. The summed E-state index contributed by atoms with van der Waals surface area (Å²) in [6.45, 7) is 0. The lowest BCUT2D eigenvalue weighted by molar-refractivity contribution is 0.0498. The third kappa shape index (κ3) is 2.14. The van der Waals surface area contributed by atoms with Crippen LogP contribution < -0.4 is 0 Å². The van der Waals surface area contributed by atoms with E-state index in [2.05, 4.69) is 12.2 Å². The molecule has 0 aliphatic heterocycles. The fourth-order valence-electron chi connectivity index (χ4n) is 2.77. The van der Waals surface area contributed by atoms with Gasteiger partial charge in [-0.1, -0.05) is 31.4 Å². The van der Waals surface area contributed by atoms with Crippen LogP contribution in [0.15, 0.2) is 12.2 Å². The first kappa shape index (κ1) is 9.26. The maximum absolute atomic E-state index is 10.1. The predicted octanol–water partition coefficient (Wildman–Crippen LogP) is 2.89. The first-order valence-corrected chi connectivity index (χ1v) is 5.72. The summed E-state index contributed by atoms with van der Waals surface area (Å²) in [6.07, 6.45) is 13.3. The van der Waals surface area contributed by atoms with E-state index in [0.29, 0.717) is 11.8 Å². The molecular weight excluding hydrogens is 160 g/mol. The molecule has 1 fully saturated rings. The van der Waals surface area contributed by atoms with Gasteiger partial charge in [0.2, 0.25) is 0 Å². The van der Waals surface area contributed by atoms with E-state index >= 15 is 0 Å². The Morgan fingerprint density at radius 2 is 1.85 bits per heavy atom. The van der Waals surface area contributed by atoms with E-state index in [9.17, 15) is 5.11 Å². The van der Waals surface area contributed by atoms with Gasteiger partial charge < -0.3 is 5.11 Å². The highest BCUT2D eigenvalue weighted by Crippen LogP contribution is 2.33. The third-order valence-electron chi connectivity index (χ3n) is 3.62.